The number of carboxylic acids is 1. The molecule has 1 saturated heterocycles. The van der Waals surface area contributed by atoms with Gasteiger partial charge in [0.1, 0.15) is 25.2 Å². The number of hydrogen-bond donors (Lipinski definition) is 3. The number of nitrogens with one attached hydrogen (secondary N) is 2. The van der Waals surface area contributed by atoms with E-state index >= 15 is 0 Å². The first-order valence-electron chi connectivity index (χ1n) is 12.9. The summed E-state index contributed by atoms with van der Waals surface area (Å²) in [5.41, 5.74) is 2.83. The number of hydrogen-bond acceptors (Lipinski definition) is 6. The second-order valence-electron chi connectivity index (χ2n) is 9.76. The number of halogens is 2. The van der Waals surface area contributed by atoms with Gasteiger partial charge in [-0.25, -0.2) is 4.79 Å². The zero-order chi connectivity index (χ0) is 29.5. The van der Waals surface area contributed by atoms with Gasteiger partial charge >= 0.3 is 5.97 Å². The summed E-state index contributed by atoms with van der Waals surface area (Å²) in [6.45, 7) is 3.88. The van der Waals surface area contributed by atoms with Gasteiger partial charge in [-0.2, -0.15) is 0 Å². The molecule has 0 bridgehead atoms. The number of carbonyl (C=O) groups is 3. The lowest BCUT2D eigenvalue weighted by Gasteiger charge is -2.21. The molecule has 1 heterocycles. The van der Waals surface area contributed by atoms with Crippen LogP contribution in [-0.4, -0.2) is 47.9 Å². The van der Waals surface area contributed by atoms with E-state index in [4.69, 9.17) is 37.4 Å². The third-order valence-corrected chi connectivity index (χ3v) is 7.26. The number of carbonyl (C=O) groups excluding carboxylic acids is 2. The van der Waals surface area contributed by atoms with Gasteiger partial charge in [-0.3, -0.25) is 9.59 Å². The topological polar surface area (TPSA) is 123 Å². The number of aliphatic carboxylic acids is 1. The predicted octanol–water partition coefficient (Wildman–Crippen LogP) is 5.19. The summed E-state index contributed by atoms with van der Waals surface area (Å²) in [7, 11) is 0. The van der Waals surface area contributed by atoms with Crippen LogP contribution in [-0.2, 0) is 36.9 Å². The number of benzene rings is 3. The van der Waals surface area contributed by atoms with Crippen LogP contribution in [0.3, 0.4) is 0 Å². The standard InChI is InChI=1S/C30H30Cl2N2O7/c1-17(2)20-6-3-4-9-24(20)33-28(35)26-27(41-16-40-26)29(36)34-25(30(37)38)14-18-10-12-19(13-11-18)39-15-21-22(31)7-5-8-23(21)32/h3-13,17,25-27H,14-16H2,1-2H3,(H,33,35)(H,34,36)(H,37,38)/t25-,26+,27+/m0/s1. The summed E-state index contributed by atoms with van der Waals surface area (Å²) >= 11 is 12.4. The Balaban J connectivity index is 1.36. The van der Waals surface area contributed by atoms with Crippen LogP contribution in [0.15, 0.2) is 66.7 Å². The lowest BCUT2D eigenvalue weighted by Crippen LogP contribution is -2.51. The number of carboxylic acid groups (broad SMARTS) is 1. The molecule has 0 aromatic heterocycles. The van der Waals surface area contributed by atoms with Gasteiger partial charge < -0.3 is 30.0 Å². The lowest BCUT2D eigenvalue weighted by atomic mass is 10.0. The van der Waals surface area contributed by atoms with Crippen molar-refractivity contribution in [2.24, 2.45) is 0 Å². The van der Waals surface area contributed by atoms with E-state index in [0.29, 0.717) is 32.6 Å². The third kappa shape index (κ3) is 7.77. The molecule has 1 aliphatic heterocycles. The van der Waals surface area contributed by atoms with Gasteiger partial charge in [0.2, 0.25) is 0 Å². The maximum absolute atomic E-state index is 13.0. The van der Waals surface area contributed by atoms with Crippen molar-refractivity contribution in [3.63, 3.8) is 0 Å². The molecule has 41 heavy (non-hydrogen) atoms. The molecular formula is C30H30Cl2N2O7. The molecule has 216 valence electrons. The molecule has 4 rings (SSSR count). The van der Waals surface area contributed by atoms with Crippen molar-refractivity contribution < 1.29 is 33.7 Å². The Hall–Kier alpha value is -3.63. The predicted molar refractivity (Wildman–Crippen MR) is 154 cm³/mol. The highest BCUT2D eigenvalue weighted by Crippen LogP contribution is 2.27. The van der Waals surface area contributed by atoms with E-state index in [0.717, 1.165) is 5.56 Å². The van der Waals surface area contributed by atoms with E-state index in [9.17, 15) is 19.5 Å². The fourth-order valence-corrected chi connectivity index (χ4v) is 4.85. The molecule has 11 heteroatoms. The Morgan fingerprint density at radius 1 is 0.927 bits per heavy atom. The average Bonchev–Trinajstić information content (AvgIpc) is 3.44. The van der Waals surface area contributed by atoms with Crippen LogP contribution in [0.4, 0.5) is 5.69 Å². The first-order valence-corrected chi connectivity index (χ1v) is 13.7. The molecule has 0 unspecified atom stereocenters. The number of ether oxygens (including phenoxy) is 3. The van der Waals surface area contributed by atoms with Crippen molar-refractivity contribution >= 4 is 46.7 Å². The second-order valence-corrected chi connectivity index (χ2v) is 10.6. The number of rotatable bonds is 11. The van der Waals surface area contributed by atoms with E-state index in [1.807, 2.05) is 26.0 Å². The molecule has 1 fully saturated rings. The van der Waals surface area contributed by atoms with E-state index in [-0.39, 0.29) is 25.7 Å². The van der Waals surface area contributed by atoms with Gasteiger partial charge in [0.05, 0.1) is 0 Å². The van der Waals surface area contributed by atoms with Gasteiger partial charge in [0, 0.05) is 27.7 Å². The van der Waals surface area contributed by atoms with Gasteiger partial charge in [-0.15, -0.1) is 0 Å². The smallest absolute Gasteiger partial charge is 0.326 e. The summed E-state index contributed by atoms with van der Waals surface area (Å²) < 4.78 is 16.5. The summed E-state index contributed by atoms with van der Waals surface area (Å²) in [6.07, 6.45) is -2.56. The number of amides is 2. The van der Waals surface area contributed by atoms with Crippen molar-refractivity contribution in [1.82, 2.24) is 5.32 Å². The van der Waals surface area contributed by atoms with Crippen molar-refractivity contribution in [3.8, 4) is 5.75 Å². The summed E-state index contributed by atoms with van der Waals surface area (Å²) in [4.78, 5) is 38.0. The molecule has 1 aliphatic rings. The van der Waals surface area contributed by atoms with Crippen LogP contribution in [0, 0.1) is 0 Å². The SMILES string of the molecule is CC(C)c1ccccc1NC(=O)[C@@H]1OCO[C@H]1C(=O)N[C@@H](Cc1ccc(OCc2c(Cl)cccc2Cl)cc1)C(=O)O. The van der Waals surface area contributed by atoms with Crippen molar-refractivity contribution in [2.45, 2.75) is 51.0 Å². The van der Waals surface area contributed by atoms with Gasteiger partial charge in [-0.05, 0) is 47.4 Å². The monoisotopic (exact) mass is 600 g/mol. The Kier molecular flexibility index (Phi) is 10.2. The Bertz CT molecular complexity index is 1380. The van der Waals surface area contributed by atoms with Gasteiger partial charge in [0.25, 0.3) is 11.8 Å². The van der Waals surface area contributed by atoms with Gasteiger partial charge in [-0.1, -0.05) is 73.4 Å². The zero-order valence-corrected chi connectivity index (χ0v) is 23.9. The van der Waals surface area contributed by atoms with Crippen LogP contribution >= 0.6 is 23.2 Å². The average molecular weight is 601 g/mol. The highest BCUT2D eigenvalue weighted by molar-refractivity contribution is 6.35. The minimum Gasteiger partial charge on any atom is -0.489 e. The first kappa shape index (κ1) is 30.3. The zero-order valence-electron chi connectivity index (χ0n) is 22.4. The fourth-order valence-electron chi connectivity index (χ4n) is 4.34. The number of anilines is 1. The molecule has 0 saturated carbocycles. The molecule has 3 atom stereocenters. The van der Waals surface area contributed by atoms with Crippen molar-refractivity contribution in [1.29, 1.82) is 0 Å². The van der Waals surface area contributed by atoms with E-state index in [1.54, 1.807) is 54.6 Å². The fraction of sp³-hybridized carbons (Fsp3) is 0.300. The van der Waals surface area contributed by atoms with Crippen molar-refractivity contribution in [2.75, 3.05) is 12.1 Å². The minimum atomic E-state index is -1.31. The molecule has 0 spiro atoms. The molecule has 3 aromatic carbocycles. The first-order chi connectivity index (χ1) is 19.6. The summed E-state index contributed by atoms with van der Waals surface area (Å²) in [6, 6.07) is 18.0. The molecule has 0 radical (unpaired) electrons. The van der Waals surface area contributed by atoms with Crippen LogP contribution in [0.5, 0.6) is 5.75 Å². The molecule has 0 aliphatic carbocycles. The Morgan fingerprint density at radius 2 is 1.56 bits per heavy atom. The van der Waals surface area contributed by atoms with E-state index in [1.165, 1.54) is 0 Å². The van der Waals surface area contributed by atoms with Crippen molar-refractivity contribution in [3.05, 3.63) is 93.5 Å². The Morgan fingerprint density at radius 3 is 2.20 bits per heavy atom. The highest BCUT2D eigenvalue weighted by Gasteiger charge is 2.42. The van der Waals surface area contributed by atoms with Crippen LogP contribution in [0.2, 0.25) is 10.0 Å². The second kappa shape index (κ2) is 13.8. The lowest BCUT2D eigenvalue weighted by molar-refractivity contribution is -0.144. The maximum atomic E-state index is 13.0. The van der Waals surface area contributed by atoms with Crippen LogP contribution < -0.4 is 15.4 Å². The quantitative estimate of drug-likeness (QED) is 0.277. The van der Waals surface area contributed by atoms with Crippen LogP contribution in [0.1, 0.15) is 36.5 Å². The van der Waals surface area contributed by atoms with E-state index < -0.39 is 36.0 Å². The highest BCUT2D eigenvalue weighted by atomic mass is 35.5. The summed E-state index contributed by atoms with van der Waals surface area (Å²) in [5.74, 6) is -1.87. The molecule has 2 amide bonds. The third-order valence-electron chi connectivity index (χ3n) is 6.55. The summed E-state index contributed by atoms with van der Waals surface area (Å²) in [5, 5.41) is 16.0. The molecular weight excluding hydrogens is 571 g/mol. The van der Waals surface area contributed by atoms with Gasteiger partial charge in [0.15, 0.2) is 12.2 Å². The largest absolute Gasteiger partial charge is 0.489 e. The Labute approximate surface area is 247 Å². The molecule has 3 aromatic rings. The van der Waals surface area contributed by atoms with E-state index in [2.05, 4.69) is 10.6 Å². The maximum Gasteiger partial charge on any atom is 0.326 e. The molecule has 9 nitrogen and oxygen atoms in total. The van der Waals surface area contributed by atoms with Crippen LogP contribution in [0.25, 0.3) is 0 Å². The molecule has 3 N–H and O–H groups in total. The minimum absolute atomic E-state index is 0.0100. The normalized spacial score (nSPS) is 17.2. The number of para-hydroxylation sites is 1.